The van der Waals surface area contributed by atoms with Crippen LogP contribution in [0.3, 0.4) is 0 Å². The summed E-state index contributed by atoms with van der Waals surface area (Å²) in [5.41, 5.74) is 0. The van der Waals surface area contributed by atoms with Gasteiger partial charge in [0.05, 0.1) is 12.5 Å². The van der Waals surface area contributed by atoms with Gasteiger partial charge in [-0.1, -0.05) is 6.42 Å². The Morgan fingerprint density at radius 3 is 2.94 bits per heavy atom. The second-order valence-electron chi connectivity index (χ2n) is 4.91. The van der Waals surface area contributed by atoms with Crippen molar-refractivity contribution in [3.05, 3.63) is 0 Å². The summed E-state index contributed by atoms with van der Waals surface area (Å²) in [5, 5.41) is 6.58. The standard InChI is InChI=1S/C12H22N2O2/c1-9(11-4-2-3-6-13-11)14-12(15)10-5-7-16-8-10/h9-11,13H,2-8H2,1H3,(H,14,15). The first-order valence-electron chi connectivity index (χ1n) is 6.39. The van der Waals surface area contributed by atoms with Crippen molar-refractivity contribution in [1.82, 2.24) is 10.6 Å². The maximum Gasteiger partial charge on any atom is 0.225 e. The number of carbonyl (C=O) groups excluding carboxylic acids is 1. The molecule has 2 heterocycles. The van der Waals surface area contributed by atoms with E-state index >= 15 is 0 Å². The highest BCUT2D eigenvalue weighted by atomic mass is 16.5. The molecule has 0 spiro atoms. The third kappa shape index (κ3) is 2.95. The molecule has 2 fully saturated rings. The summed E-state index contributed by atoms with van der Waals surface area (Å²) < 4.78 is 5.23. The van der Waals surface area contributed by atoms with Gasteiger partial charge >= 0.3 is 0 Å². The van der Waals surface area contributed by atoms with E-state index < -0.39 is 0 Å². The first kappa shape index (κ1) is 11.9. The Morgan fingerprint density at radius 1 is 1.44 bits per heavy atom. The third-order valence-corrected chi connectivity index (χ3v) is 3.62. The van der Waals surface area contributed by atoms with Crippen LogP contribution in [0.25, 0.3) is 0 Å². The van der Waals surface area contributed by atoms with E-state index in [9.17, 15) is 4.79 Å². The van der Waals surface area contributed by atoms with Gasteiger partial charge < -0.3 is 15.4 Å². The van der Waals surface area contributed by atoms with Gasteiger partial charge in [0, 0.05) is 18.7 Å². The van der Waals surface area contributed by atoms with Crippen LogP contribution in [0.5, 0.6) is 0 Å². The second kappa shape index (κ2) is 5.64. The summed E-state index contributed by atoms with van der Waals surface area (Å²) in [7, 11) is 0. The van der Waals surface area contributed by atoms with Crippen molar-refractivity contribution >= 4 is 5.91 Å². The molecule has 2 N–H and O–H groups in total. The average molecular weight is 226 g/mol. The Kier molecular flexibility index (Phi) is 4.18. The molecular weight excluding hydrogens is 204 g/mol. The van der Waals surface area contributed by atoms with E-state index in [0.29, 0.717) is 12.6 Å². The van der Waals surface area contributed by atoms with Crippen molar-refractivity contribution in [3.63, 3.8) is 0 Å². The van der Waals surface area contributed by atoms with E-state index in [1.165, 1.54) is 19.3 Å². The van der Waals surface area contributed by atoms with Crippen LogP contribution in [0.1, 0.15) is 32.6 Å². The molecule has 2 aliphatic heterocycles. The molecule has 1 amide bonds. The zero-order chi connectivity index (χ0) is 11.4. The molecule has 3 unspecified atom stereocenters. The second-order valence-corrected chi connectivity index (χ2v) is 4.91. The number of piperidine rings is 1. The first-order chi connectivity index (χ1) is 7.77. The van der Waals surface area contributed by atoms with Gasteiger partial charge in [0.2, 0.25) is 5.91 Å². The Balaban J connectivity index is 1.76. The minimum Gasteiger partial charge on any atom is -0.381 e. The van der Waals surface area contributed by atoms with Crippen LogP contribution in [-0.2, 0) is 9.53 Å². The van der Waals surface area contributed by atoms with Crippen LogP contribution >= 0.6 is 0 Å². The number of ether oxygens (including phenoxy) is 1. The molecular formula is C12H22N2O2. The highest BCUT2D eigenvalue weighted by Crippen LogP contribution is 2.14. The zero-order valence-corrected chi connectivity index (χ0v) is 10.00. The van der Waals surface area contributed by atoms with E-state index in [-0.39, 0.29) is 17.9 Å². The first-order valence-corrected chi connectivity index (χ1v) is 6.39. The van der Waals surface area contributed by atoms with Crippen molar-refractivity contribution in [2.45, 2.75) is 44.7 Å². The third-order valence-electron chi connectivity index (χ3n) is 3.62. The molecule has 2 rings (SSSR count). The molecule has 4 heteroatoms. The highest BCUT2D eigenvalue weighted by molar-refractivity contribution is 5.79. The molecule has 2 saturated heterocycles. The van der Waals surface area contributed by atoms with Crippen LogP contribution in [0.2, 0.25) is 0 Å². The molecule has 4 nitrogen and oxygen atoms in total. The lowest BCUT2D eigenvalue weighted by Crippen LogP contribution is -2.51. The molecule has 16 heavy (non-hydrogen) atoms. The molecule has 0 aliphatic carbocycles. The Hall–Kier alpha value is -0.610. The maximum absolute atomic E-state index is 11.9. The predicted octanol–water partition coefficient (Wildman–Crippen LogP) is 0.670. The highest BCUT2D eigenvalue weighted by Gasteiger charge is 2.27. The lowest BCUT2D eigenvalue weighted by atomic mass is 9.98. The molecule has 2 aliphatic rings. The van der Waals surface area contributed by atoms with Crippen molar-refractivity contribution in [1.29, 1.82) is 0 Å². The average Bonchev–Trinajstić information content (AvgIpc) is 2.83. The topological polar surface area (TPSA) is 50.4 Å². The largest absolute Gasteiger partial charge is 0.381 e. The van der Waals surface area contributed by atoms with Gasteiger partial charge in [0.25, 0.3) is 0 Å². The lowest BCUT2D eigenvalue weighted by molar-refractivity contribution is -0.125. The zero-order valence-electron chi connectivity index (χ0n) is 10.00. The van der Waals surface area contributed by atoms with Crippen LogP contribution in [0.15, 0.2) is 0 Å². The minimum absolute atomic E-state index is 0.0750. The van der Waals surface area contributed by atoms with Gasteiger partial charge in [-0.15, -0.1) is 0 Å². The van der Waals surface area contributed by atoms with Crippen LogP contribution in [0.4, 0.5) is 0 Å². The van der Waals surface area contributed by atoms with Crippen LogP contribution in [0, 0.1) is 5.92 Å². The number of nitrogens with one attached hydrogen (secondary N) is 2. The van der Waals surface area contributed by atoms with E-state index in [1.807, 2.05) is 0 Å². The van der Waals surface area contributed by atoms with E-state index in [1.54, 1.807) is 0 Å². The summed E-state index contributed by atoms with van der Waals surface area (Å²) in [6.45, 7) is 4.50. The molecule has 0 aromatic rings. The number of amides is 1. The normalized spacial score (nSPS) is 32.3. The molecule has 0 aromatic heterocycles. The fraction of sp³-hybridized carbons (Fsp3) is 0.917. The van der Waals surface area contributed by atoms with Gasteiger partial charge in [-0.2, -0.15) is 0 Å². The Labute approximate surface area is 97.1 Å². The minimum atomic E-state index is 0.0750. The van der Waals surface area contributed by atoms with E-state index in [0.717, 1.165) is 19.6 Å². The van der Waals surface area contributed by atoms with Crippen molar-refractivity contribution in [2.24, 2.45) is 5.92 Å². The van der Waals surface area contributed by atoms with E-state index in [4.69, 9.17) is 4.74 Å². The monoisotopic (exact) mass is 226 g/mol. The molecule has 0 radical (unpaired) electrons. The number of hydrogen-bond donors (Lipinski definition) is 2. The summed E-state index contributed by atoms with van der Waals surface area (Å²) in [5.74, 6) is 0.239. The number of rotatable bonds is 3. The molecule has 0 aromatic carbocycles. The van der Waals surface area contributed by atoms with Gasteiger partial charge in [-0.3, -0.25) is 4.79 Å². The SMILES string of the molecule is CC(NC(=O)C1CCOC1)C1CCCCN1. The fourth-order valence-corrected chi connectivity index (χ4v) is 2.49. The smallest absolute Gasteiger partial charge is 0.225 e. The quantitative estimate of drug-likeness (QED) is 0.743. The predicted molar refractivity (Wildman–Crippen MR) is 62.2 cm³/mol. The molecule has 0 bridgehead atoms. The Bertz CT molecular complexity index is 233. The van der Waals surface area contributed by atoms with Crippen molar-refractivity contribution in [2.75, 3.05) is 19.8 Å². The molecule has 92 valence electrons. The molecule has 3 atom stereocenters. The van der Waals surface area contributed by atoms with Gasteiger partial charge in [-0.25, -0.2) is 0 Å². The maximum atomic E-state index is 11.9. The number of carbonyl (C=O) groups is 1. The fourth-order valence-electron chi connectivity index (χ4n) is 2.49. The van der Waals surface area contributed by atoms with Crippen molar-refractivity contribution < 1.29 is 9.53 Å². The lowest BCUT2D eigenvalue weighted by Gasteiger charge is -2.30. The van der Waals surface area contributed by atoms with Gasteiger partial charge in [-0.05, 0) is 32.7 Å². The summed E-state index contributed by atoms with van der Waals surface area (Å²) in [4.78, 5) is 11.9. The number of hydrogen-bond acceptors (Lipinski definition) is 3. The summed E-state index contributed by atoms with van der Waals surface area (Å²) >= 11 is 0. The molecule has 0 saturated carbocycles. The van der Waals surface area contributed by atoms with Gasteiger partial charge in [0.15, 0.2) is 0 Å². The van der Waals surface area contributed by atoms with Crippen LogP contribution < -0.4 is 10.6 Å². The van der Waals surface area contributed by atoms with Gasteiger partial charge in [0.1, 0.15) is 0 Å². The Morgan fingerprint density at radius 2 is 2.31 bits per heavy atom. The summed E-state index contributed by atoms with van der Waals surface area (Å²) in [6, 6.07) is 0.674. The van der Waals surface area contributed by atoms with Crippen LogP contribution in [-0.4, -0.2) is 37.7 Å². The van der Waals surface area contributed by atoms with Crippen molar-refractivity contribution in [3.8, 4) is 0 Å². The summed E-state index contributed by atoms with van der Waals surface area (Å²) in [6.07, 6.45) is 4.57. The van der Waals surface area contributed by atoms with E-state index in [2.05, 4.69) is 17.6 Å².